The summed E-state index contributed by atoms with van der Waals surface area (Å²) in [6.07, 6.45) is 0.292. The first-order valence-electron chi connectivity index (χ1n) is 6.96. The molecule has 2 aromatic carbocycles. The molecule has 110 valence electrons. The van der Waals surface area contributed by atoms with Crippen LogP contribution in [0, 0.1) is 6.92 Å². The van der Waals surface area contributed by atoms with E-state index >= 15 is 0 Å². The minimum atomic E-state index is -0.207. The first kappa shape index (κ1) is 14.9. The number of benzene rings is 2. The molecule has 4 nitrogen and oxygen atoms in total. The van der Waals surface area contributed by atoms with Gasteiger partial charge in [0, 0.05) is 5.69 Å². The number of nitrogen functional groups attached to an aromatic ring is 1. The van der Waals surface area contributed by atoms with Crippen LogP contribution < -0.4 is 11.1 Å². The minimum absolute atomic E-state index is 0.207. The van der Waals surface area contributed by atoms with Gasteiger partial charge in [-0.25, -0.2) is 0 Å². The number of hydrogen-bond acceptors (Lipinski definition) is 4. The normalized spacial score (nSPS) is 10.2. The van der Waals surface area contributed by atoms with Crippen molar-refractivity contribution in [3.05, 3.63) is 53.6 Å². The Balaban J connectivity index is 2.03. The van der Waals surface area contributed by atoms with Gasteiger partial charge in [-0.05, 0) is 49.2 Å². The largest absolute Gasteiger partial charge is 0.466 e. The molecule has 0 unspecified atom stereocenters. The Hall–Kier alpha value is -2.49. The van der Waals surface area contributed by atoms with Gasteiger partial charge >= 0.3 is 5.97 Å². The third-order valence-electron chi connectivity index (χ3n) is 3.09. The number of anilines is 3. The zero-order chi connectivity index (χ0) is 15.2. The van der Waals surface area contributed by atoms with Crippen LogP contribution in [0.4, 0.5) is 17.1 Å². The number of carbonyl (C=O) groups is 1. The third kappa shape index (κ3) is 4.24. The van der Waals surface area contributed by atoms with Gasteiger partial charge in [0.25, 0.3) is 0 Å². The molecule has 4 heteroatoms. The van der Waals surface area contributed by atoms with E-state index in [1.807, 2.05) is 49.4 Å². The molecule has 0 radical (unpaired) electrons. The first-order valence-corrected chi connectivity index (χ1v) is 6.96. The molecule has 21 heavy (non-hydrogen) atoms. The van der Waals surface area contributed by atoms with E-state index in [0.717, 1.165) is 22.5 Å². The lowest BCUT2D eigenvalue weighted by molar-refractivity contribution is -0.142. The predicted molar refractivity (Wildman–Crippen MR) is 85.7 cm³/mol. The number of aryl methyl sites for hydroxylation is 1. The molecule has 0 bridgehead atoms. The van der Waals surface area contributed by atoms with Crippen molar-refractivity contribution in [2.75, 3.05) is 17.7 Å². The molecule has 0 heterocycles. The van der Waals surface area contributed by atoms with Gasteiger partial charge in [0.05, 0.1) is 24.4 Å². The van der Waals surface area contributed by atoms with Gasteiger partial charge in [-0.15, -0.1) is 0 Å². The molecular weight excluding hydrogens is 264 g/mol. The Bertz CT molecular complexity index is 621. The van der Waals surface area contributed by atoms with Crippen molar-refractivity contribution in [1.82, 2.24) is 0 Å². The summed E-state index contributed by atoms with van der Waals surface area (Å²) in [6, 6.07) is 13.6. The van der Waals surface area contributed by atoms with Crippen LogP contribution in [0.5, 0.6) is 0 Å². The summed E-state index contributed by atoms with van der Waals surface area (Å²) in [5.41, 5.74) is 10.5. The summed E-state index contributed by atoms with van der Waals surface area (Å²) in [4.78, 5) is 11.4. The third-order valence-corrected chi connectivity index (χ3v) is 3.09. The van der Waals surface area contributed by atoms with Crippen LogP contribution in [0.15, 0.2) is 42.5 Å². The van der Waals surface area contributed by atoms with Crippen molar-refractivity contribution in [3.63, 3.8) is 0 Å². The van der Waals surface area contributed by atoms with E-state index in [9.17, 15) is 4.79 Å². The fourth-order valence-corrected chi connectivity index (χ4v) is 2.04. The van der Waals surface area contributed by atoms with Gasteiger partial charge in [-0.1, -0.05) is 18.2 Å². The highest BCUT2D eigenvalue weighted by molar-refractivity contribution is 5.74. The predicted octanol–water partition coefficient (Wildman–Crippen LogP) is 3.43. The number of carbonyl (C=O) groups excluding carboxylic acids is 1. The standard InChI is InChI=1S/C17H20N2O2/c1-3-21-17(20)11-13-5-7-14(8-6-13)19-16-9-4-12(2)10-15(16)18/h4-10,19H,3,11,18H2,1-2H3. The summed E-state index contributed by atoms with van der Waals surface area (Å²) in [5, 5.41) is 3.26. The number of ether oxygens (including phenoxy) is 1. The number of rotatable bonds is 5. The average Bonchev–Trinajstić information content (AvgIpc) is 2.44. The Kier molecular flexibility index (Phi) is 4.82. The van der Waals surface area contributed by atoms with Gasteiger partial charge in [0.15, 0.2) is 0 Å². The molecule has 0 saturated carbocycles. The molecule has 2 rings (SSSR count). The Morgan fingerprint density at radius 3 is 2.52 bits per heavy atom. The summed E-state index contributed by atoms with van der Waals surface area (Å²) in [7, 11) is 0. The number of nitrogens with two attached hydrogens (primary N) is 1. The lowest BCUT2D eigenvalue weighted by atomic mass is 10.1. The highest BCUT2D eigenvalue weighted by Crippen LogP contribution is 2.24. The first-order chi connectivity index (χ1) is 10.1. The second-order valence-electron chi connectivity index (χ2n) is 4.89. The molecule has 0 atom stereocenters. The molecule has 0 aliphatic rings. The highest BCUT2D eigenvalue weighted by Gasteiger charge is 2.04. The smallest absolute Gasteiger partial charge is 0.310 e. The molecule has 3 N–H and O–H groups in total. The van der Waals surface area contributed by atoms with E-state index in [4.69, 9.17) is 10.5 Å². The Morgan fingerprint density at radius 2 is 1.90 bits per heavy atom. The van der Waals surface area contributed by atoms with Crippen LogP contribution in [0.1, 0.15) is 18.1 Å². The zero-order valence-electron chi connectivity index (χ0n) is 12.3. The Morgan fingerprint density at radius 1 is 1.19 bits per heavy atom. The van der Waals surface area contributed by atoms with Crippen LogP contribution in [-0.4, -0.2) is 12.6 Å². The topological polar surface area (TPSA) is 64.3 Å². The maximum Gasteiger partial charge on any atom is 0.310 e. The van der Waals surface area contributed by atoms with E-state index in [0.29, 0.717) is 18.7 Å². The molecule has 0 saturated heterocycles. The molecule has 0 fully saturated rings. The summed E-state index contributed by atoms with van der Waals surface area (Å²) < 4.78 is 4.93. The molecule has 0 aliphatic carbocycles. The van der Waals surface area contributed by atoms with Gasteiger partial charge < -0.3 is 15.8 Å². The summed E-state index contributed by atoms with van der Waals surface area (Å²) in [5.74, 6) is -0.207. The second kappa shape index (κ2) is 6.79. The second-order valence-corrected chi connectivity index (χ2v) is 4.89. The Labute approximate surface area is 124 Å². The molecular formula is C17H20N2O2. The highest BCUT2D eigenvalue weighted by atomic mass is 16.5. The lowest BCUT2D eigenvalue weighted by Gasteiger charge is -2.10. The maximum absolute atomic E-state index is 11.4. The monoisotopic (exact) mass is 284 g/mol. The van der Waals surface area contributed by atoms with E-state index < -0.39 is 0 Å². The maximum atomic E-state index is 11.4. The van der Waals surface area contributed by atoms with Crippen LogP contribution in [0.25, 0.3) is 0 Å². The van der Waals surface area contributed by atoms with Gasteiger partial charge in [0.2, 0.25) is 0 Å². The minimum Gasteiger partial charge on any atom is -0.466 e. The number of nitrogens with one attached hydrogen (secondary N) is 1. The molecule has 0 amide bonds. The van der Waals surface area contributed by atoms with E-state index in [1.165, 1.54) is 0 Å². The number of hydrogen-bond donors (Lipinski definition) is 2. The fraction of sp³-hybridized carbons (Fsp3) is 0.235. The van der Waals surface area contributed by atoms with Gasteiger partial charge in [-0.3, -0.25) is 4.79 Å². The zero-order valence-corrected chi connectivity index (χ0v) is 12.3. The van der Waals surface area contributed by atoms with Crippen LogP contribution in [0.3, 0.4) is 0 Å². The van der Waals surface area contributed by atoms with Crippen molar-refractivity contribution in [3.8, 4) is 0 Å². The van der Waals surface area contributed by atoms with Crippen LogP contribution >= 0.6 is 0 Å². The van der Waals surface area contributed by atoms with Crippen LogP contribution in [0.2, 0.25) is 0 Å². The fourth-order valence-electron chi connectivity index (χ4n) is 2.04. The van der Waals surface area contributed by atoms with Crippen molar-refractivity contribution in [1.29, 1.82) is 0 Å². The SMILES string of the molecule is CCOC(=O)Cc1ccc(Nc2ccc(C)cc2N)cc1. The van der Waals surface area contributed by atoms with Gasteiger partial charge in [0.1, 0.15) is 0 Å². The van der Waals surface area contributed by atoms with Crippen molar-refractivity contribution in [2.45, 2.75) is 20.3 Å². The van der Waals surface area contributed by atoms with Crippen LogP contribution in [-0.2, 0) is 16.0 Å². The lowest BCUT2D eigenvalue weighted by Crippen LogP contribution is -2.07. The van der Waals surface area contributed by atoms with Crippen molar-refractivity contribution < 1.29 is 9.53 Å². The van der Waals surface area contributed by atoms with Gasteiger partial charge in [-0.2, -0.15) is 0 Å². The molecule has 2 aromatic rings. The summed E-state index contributed by atoms with van der Waals surface area (Å²) >= 11 is 0. The summed E-state index contributed by atoms with van der Waals surface area (Å²) in [6.45, 7) is 4.21. The number of esters is 1. The molecule has 0 aromatic heterocycles. The van der Waals surface area contributed by atoms with Crippen molar-refractivity contribution >= 4 is 23.0 Å². The average molecular weight is 284 g/mol. The molecule has 0 spiro atoms. The van der Waals surface area contributed by atoms with E-state index in [1.54, 1.807) is 6.92 Å². The van der Waals surface area contributed by atoms with E-state index in [2.05, 4.69) is 5.32 Å². The quantitative estimate of drug-likeness (QED) is 0.652. The van der Waals surface area contributed by atoms with E-state index in [-0.39, 0.29) is 5.97 Å². The molecule has 0 aliphatic heterocycles. The van der Waals surface area contributed by atoms with Crippen molar-refractivity contribution in [2.24, 2.45) is 0 Å².